The third kappa shape index (κ3) is 13.5. The molecule has 0 unspecified atom stereocenters. The van der Waals surface area contributed by atoms with Crippen LogP contribution in [0.5, 0.6) is 0 Å². The van der Waals surface area contributed by atoms with Crippen LogP contribution in [-0.2, 0) is 26.2 Å². The minimum atomic E-state index is 0. The first-order valence-electron chi connectivity index (χ1n) is 12.5. The average Bonchev–Trinajstić information content (AvgIpc) is 3.58. The molecular weight excluding hydrogens is 580 g/mol. The van der Waals surface area contributed by atoms with Gasteiger partial charge in [0, 0.05) is 0 Å². The van der Waals surface area contributed by atoms with Gasteiger partial charge >= 0.3 is 26.2 Å². The molecule has 0 bridgehead atoms. The Morgan fingerprint density at radius 2 is 1.12 bits per heavy atom. The van der Waals surface area contributed by atoms with Crippen LogP contribution in [0.15, 0.2) is 60.7 Å². The first kappa shape index (κ1) is 29.9. The maximum atomic E-state index is 4.94. The molecule has 0 amide bonds. The largest absolute Gasteiger partial charge is 4.00 e. The Hall–Kier alpha value is -0.147. The number of halogens is 1. The SMILES string of the molecule is C1CCCC1.C1CCCC1.[CH2-][C@H](CCCCI)[C@H]([N-]c1ccccc1)c1ccccc1.[Zr+4]. The number of hydrogen-bond donors (Lipinski definition) is 0. The minimum absolute atomic E-state index is 0. The van der Waals surface area contributed by atoms with Crippen LogP contribution in [0.2, 0.25) is 0 Å². The molecule has 0 radical (unpaired) electrons. The topological polar surface area (TPSA) is 14.1 Å². The van der Waals surface area contributed by atoms with Gasteiger partial charge < -0.3 is 12.2 Å². The predicted molar refractivity (Wildman–Crippen MR) is 146 cm³/mol. The molecule has 1 nitrogen and oxygen atoms in total. The quantitative estimate of drug-likeness (QED) is 0.120. The molecule has 2 aliphatic carbocycles. The smallest absolute Gasteiger partial charge is 0.680 e. The predicted octanol–water partition coefficient (Wildman–Crippen LogP) is 10.4. The number of nitrogens with zero attached hydrogens (tertiary/aromatic N) is 1. The summed E-state index contributed by atoms with van der Waals surface area (Å²) < 4.78 is 1.22. The normalized spacial score (nSPS) is 16.4. The summed E-state index contributed by atoms with van der Waals surface area (Å²) in [6.45, 7) is 4.39. The van der Waals surface area contributed by atoms with E-state index in [1.54, 1.807) is 0 Å². The van der Waals surface area contributed by atoms with E-state index in [1.807, 2.05) is 18.2 Å². The summed E-state index contributed by atoms with van der Waals surface area (Å²) in [5.41, 5.74) is 2.30. The minimum Gasteiger partial charge on any atom is -0.680 e. The zero-order chi connectivity index (χ0) is 22.0. The van der Waals surface area contributed by atoms with Gasteiger partial charge in [-0.05, 0) is 10.8 Å². The average molecular weight is 623 g/mol. The van der Waals surface area contributed by atoms with E-state index in [0.717, 1.165) is 12.1 Å². The van der Waals surface area contributed by atoms with Crippen LogP contribution in [0.1, 0.15) is 95.1 Å². The van der Waals surface area contributed by atoms with Crippen molar-refractivity contribution in [1.82, 2.24) is 0 Å². The summed E-state index contributed by atoms with van der Waals surface area (Å²) in [5.74, 6) is 0.315. The van der Waals surface area contributed by atoms with Crippen molar-refractivity contribution in [2.24, 2.45) is 5.92 Å². The fraction of sp³-hybridized carbons (Fsp3) is 0.552. The number of alkyl halides is 1. The number of rotatable bonds is 8. The Bertz CT molecular complexity index is 616. The molecule has 172 valence electrons. The summed E-state index contributed by atoms with van der Waals surface area (Å²) in [4.78, 5) is 0. The van der Waals surface area contributed by atoms with Crippen molar-refractivity contribution in [3.05, 3.63) is 78.5 Å². The molecule has 2 atom stereocenters. The monoisotopic (exact) mass is 621 g/mol. The van der Waals surface area contributed by atoms with Gasteiger partial charge in [0.2, 0.25) is 0 Å². The van der Waals surface area contributed by atoms with Gasteiger partial charge in [0.1, 0.15) is 0 Å². The molecule has 3 heteroatoms. The molecule has 0 aliphatic heterocycles. The Labute approximate surface area is 231 Å². The van der Waals surface area contributed by atoms with Crippen molar-refractivity contribution in [1.29, 1.82) is 0 Å². The van der Waals surface area contributed by atoms with E-state index in [1.165, 1.54) is 87.0 Å². The molecule has 2 aromatic rings. The van der Waals surface area contributed by atoms with Gasteiger partial charge in [-0.15, -0.1) is 11.7 Å². The van der Waals surface area contributed by atoms with E-state index in [9.17, 15) is 0 Å². The third-order valence-electron chi connectivity index (χ3n) is 6.09. The fourth-order valence-electron chi connectivity index (χ4n) is 4.20. The second-order valence-corrected chi connectivity index (χ2v) is 9.88. The molecule has 0 saturated heterocycles. The third-order valence-corrected chi connectivity index (χ3v) is 6.85. The Morgan fingerprint density at radius 3 is 1.56 bits per heavy atom. The van der Waals surface area contributed by atoms with Crippen LogP contribution < -0.4 is 0 Å². The number of hydrogen-bond acceptors (Lipinski definition) is 0. The molecule has 2 aromatic carbocycles. The summed E-state index contributed by atoms with van der Waals surface area (Å²) in [6, 6.07) is 20.9. The van der Waals surface area contributed by atoms with E-state index in [0.29, 0.717) is 5.92 Å². The number of unbranched alkanes of at least 4 members (excludes halogenated alkanes) is 1. The molecule has 0 spiro atoms. The molecule has 0 heterocycles. The number of para-hydroxylation sites is 1. The van der Waals surface area contributed by atoms with Crippen molar-refractivity contribution in [3.8, 4) is 0 Å². The van der Waals surface area contributed by atoms with Gasteiger partial charge in [0.25, 0.3) is 0 Å². The van der Waals surface area contributed by atoms with Crippen LogP contribution in [0.25, 0.3) is 5.32 Å². The number of benzene rings is 2. The second kappa shape index (κ2) is 20.2. The van der Waals surface area contributed by atoms with E-state index < -0.39 is 0 Å². The zero-order valence-corrected chi connectivity index (χ0v) is 24.5. The van der Waals surface area contributed by atoms with E-state index in [2.05, 4.69) is 72.0 Å². The maximum absolute atomic E-state index is 4.94. The van der Waals surface area contributed by atoms with Gasteiger partial charge in [-0.1, -0.05) is 166 Å². The van der Waals surface area contributed by atoms with Crippen molar-refractivity contribution < 1.29 is 26.2 Å². The van der Waals surface area contributed by atoms with Crippen LogP contribution >= 0.6 is 22.6 Å². The van der Waals surface area contributed by atoms with E-state index in [-0.39, 0.29) is 32.2 Å². The zero-order valence-electron chi connectivity index (χ0n) is 19.9. The standard InChI is InChI=1S/C19H22IN.2C5H10.Zr/c1-16(10-8-9-15-20)19(17-11-4-2-5-12-17)21-18-13-6-3-7-14-18;2*1-2-4-5-3-1;/h2-7,11-14,16,19H,1,8-10,15H2;2*1-5H2;/q-2;;;+4/t16-,19+;;;/m1.../s1. The van der Waals surface area contributed by atoms with Crippen LogP contribution in [0.3, 0.4) is 0 Å². The first-order chi connectivity index (χ1) is 15.3. The van der Waals surface area contributed by atoms with Gasteiger partial charge in [0.15, 0.2) is 0 Å². The molecule has 32 heavy (non-hydrogen) atoms. The molecule has 2 aliphatic rings. The van der Waals surface area contributed by atoms with Crippen LogP contribution in [-0.4, -0.2) is 4.43 Å². The summed E-state index contributed by atoms with van der Waals surface area (Å²) in [7, 11) is 0. The molecule has 0 N–H and O–H groups in total. The molecule has 4 rings (SSSR count). The van der Waals surface area contributed by atoms with Crippen LogP contribution in [0, 0.1) is 12.8 Å². The van der Waals surface area contributed by atoms with Crippen molar-refractivity contribution in [2.45, 2.75) is 89.5 Å². The van der Waals surface area contributed by atoms with Crippen LogP contribution in [0.4, 0.5) is 5.69 Å². The first-order valence-corrected chi connectivity index (χ1v) is 14.0. The summed E-state index contributed by atoms with van der Waals surface area (Å²) in [5, 5.41) is 4.94. The van der Waals surface area contributed by atoms with Crippen molar-refractivity contribution >= 4 is 28.3 Å². The maximum Gasteiger partial charge on any atom is 4.00 e. The van der Waals surface area contributed by atoms with E-state index in [4.69, 9.17) is 5.32 Å². The molecule has 0 aromatic heterocycles. The summed E-state index contributed by atoms with van der Waals surface area (Å²) >= 11 is 2.44. The summed E-state index contributed by atoms with van der Waals surface area (Å²) in [6.07, 6.45) is 18.6. The van der Waals surface area contributed by atoms with Gasteiger partial charge in [-0.2, -0.15) is 5.92 Å². The second-order valence-electron chi connectivity index (χ2n) is 8.80. The Kier molecular flexibility index (Phi) is 18.9. The van der Waals surface area contributed by atoms with E-state index >= 15 is 0 Å². The van der Waals surface area contributed by atoms with Gasteiger partial charge in [-0.25, -0.2) is 0 Å². The molecular formula is C29H42INZr+2. The Balaban J connectivity index is 0.000000379. The molecule has 2 saturated carbocycles. The molecule has 2 fully saturated rings. The van der Waals surface area contributed by atoms with Crippen molar-refractivity contribution in [2.75, 3.05) is 4.43 Å². The van der Waals surface area contributed by atoms with Gasteiger partial charge in [0.05, 0.1) is 0 Å². The fourth-order valence-corrected chi connectivity index (χ4v) is 4.74. The Morgan fingerprint density at radius 1 is 0.688 bits per heavy atom. The van der Waals surface area contributed by atoms with Gasteiger partial charge in [-0.3, -0.25) is 0 Å². The van der Waals surface area contributed by atoms with Crippen molar-refractivity contribution in [3.63, 3.8) is 0 Å².